The van der Waals surface area contributed by atoms with Gasteiger partial charge in [0.05, 0.1) is 13.7 Å². The zero-order chi connectivity index (χ0) is 19.4. The van der Waals surface area contributed by atoms with Gasteiger partial charge in [-0.3, -0.25) is 4.79 Å². The van der Waals surface area contributed by atoms with Crippen LogP contribution in [0.2, 0.25) is 0 Å². The number of hydrogen-bond acceptors (Lipinski definition) is 4. The summed E-state index contributed by atoms with van der Waals surface area (Å²) in [6, 6.07) is 11.3. The third-order valence-electron chi connectivity index (χ3n) is 4.07. The van der Waals surface area contributed by atoms with Crippen LogP contribution in [0, 0.1) is 17.1 Å². The maximum absolute atomic E-state index is 13.3. The number of hydrogen-bond donors (Lipinski definition) is 1. The lowest BCUT2D eigenvalue weighted by molar-refractivity contribution is 0.104. The molecule has 1 aromatic heterocycles. The highest BCUT2D eigenvalue weighted by Gasteiger charge is 2.18. The number of H-pyrrole nitrogens is 1. The monoisotopic (exact) mass is 364 g/mol. The molecular formula is C21H17FN2O3. The molecule has 0 atom stereocenters. The molecule has 0 aliphatic rings. The molecule has 0 unspecified atom stereocenters. The van der Waals surface area contributed by atoms with E-state index in [0.29, 0.717) is 40.1 Å². The molecule has 3 aromatic rings. The molecule has 1 heterocycles. The van der Waals surface area contributed by atoms with Gasteiger partial charge in [-0.05, 0) is 37.3 Å². The van der Waals surface area contributed by atoms with Crippen molar-refractivity contribution in [3.8, 4) is 17.6 Å². The lowest BCUT2D eigenvalue weighted by Crippen LogP contribution is -2.02. The van der Waals surface area contributed by atoms with Gasteiger partial charge in [0.25, 0.3) is 0 Å². The molecular weight excluding hydrogens is 347 g/mol. The van der Waals surface area contributed by atoms with E-state index in [1.165, 1.54) is 37.6 Å². The molecule has 0 saturated heterocycles. The fourth-order valence-electron chi connectivity index (χ4n) is 2.87. The summed E-state index contributed by atoms with van der Waals surface area (Å²) < 4.78 is 24.3. The Morgan fingerprint density at radius 1 is 1.33 bits per heavy atom. The Labute approximate surface area is 155 Å². The maximum Gasteiger partial charge on any atom is 0.205 e. The minimum atomic E-state index is -0.459. The van der Waals surface area contributed by atoms with Crippen molar-refractivity contribution in [2.75, 3.05) is 13.7 Å². The lowest BCUT2D eigenvalue weighted by Gasteiger charge is -2.11. The zero-order valence-corrected chi connectivity index (χ0v) is 14.9. The molecule has 27 heavy (non-hydrogen) atoms. The Kier molecular flexibility index (Phi) is 5.23. The average Bonchev–Trinajstić information content (AvgIpc) is 3.08. The molecule has 0 bridgehead atoms. The second-order valence-electron chi connectivity index (χ2n) is 5.70. The molecule has 0 radical (unpaired) electrons. The number of benzene rings is 2. The number of carbonyl (C=O) groups excluding carboxylic acids is 1. The van der Waals surface area contributed by atoms with Gasteiger partial charge in [-0.15, -0.1) is 0 Å². The van der Waals surface area contributed by atoms with Crippen LogP contribution in [0.15, 0.2) is 48.2 Å². The highest BCUT2D eigenvalue weighted by Crippen LogP contribution is 2.33. The van der Waals surface area contributed by atoms with Crippen molar-refractivity contribution in [2.45, 2.75) is 6.92 Å². The zero-order valence-electron chi connectivity index (χ0n) is 14.9. The van der Waals surface area contributed by atoms with Gasteiger partial charge in [-0.2, -0.15) is 5.26 Å². The summed E-state index contributed by atoms with van der Waals surface area (Å²) in [6.07, 6.45) is 2.94. The summed E-state index contributed by atoms with van der Waals surface area (Å²) in [5.41, 5.74) is 1.29. The third-order valence-corrected chi connectivity index (χ3v) is 4.07. The first kappa shape index (κ1) is 18.2. The van der Waals surface area contributed by atoms with Gasteiger partial charge in [-0.25, -0.2) is 4.39 Å². The topological polar surface area (TPSA) is 75.1 Å². The van der Waals surface area contributed by atoms with Gasteiger partial charge in [0, 0.05) is 28.2 Å². The number of ether oxygens (including phenoxy) is 2. The molecule has 1 N–H and O–H groups in total. The number of nitrogens with zero attached hydrogens (tertiary/aromatic N) is 1. The molecule has 5 nitrogen and oxygen atoms in total. The van der Waals surface area contributed by atoms with E-state index in [0.717, 1.165) is 0 Å². The standard InChI is InChI=1S/C21H17FN2O3/c1-3-27-19-6-4-5-13(21(19)26-2)9-14(11-23)20(25)17-12-24-18-10-15(22)7-8-16(17)18/h4-10,12,24H,3H2,1-2H3/b14-9-. The molecule has 0 aliphatic carbocycles. The minimum Gasteiger partial charge on any atom is -0.492 e. The molecule has 6 heteroatoms. The Bertz CT molecular complexity index is 1080. The quantitative estimate of drug-likeness (QED) is 0.397. The first-order valence-electron chi connectivity index (χ1n) is 8.32. The van der Waals surface area contributed by atoms with Crippen molar-refractivity contribution in [1.82, 2.24) is 4.98 Å². The van der Waals surface area contributed by atoms with Crippen LogP contribution in [0.3, 0.4) is 0 Å². The van der Waals surface area contributed by atoms with Gasteiger partial charge in [0.2, 0.25) is 5.78 Å². The second-order valence-corrected chi connectivity index (χ2v) is 5.70. The first-order chi connectivity index (χ1) is 13.1. The van der Waals surface area contributed by atoms with Crippen LogP contribution in [0.4, 0.5) is 4.39 Å². The number of aromatic amines is 1. The molecule has 136 valence electrons. The molecule has 2 aromatic carbocycles. The van der Waals surface area contributed by atoms with Gasteiger partial charge < -0.3 is 14.5 Å². The number of aromatic nitrogens is 1. The number of ketones is 1. The number of nitrogens with one attached hydrogen (secondary N) is 1. The van der Waals surface area contributed by atoms with Crippen LogP contribution in [0.5, 0.6) is 11.5 Å². The number of nitriles is 1. The largest absolute Gasteiger partial charge is 0.492 e. The van der Waals surface area contributed by atoms with E-state index >= 15 is 0 Å². The molecule has 3 rings (SSSR count). The highest BCUT2D eigenvalue weighted by molar-refractivity contribution is 6.20. The number of fused-ring (bicyclic) bond motifs is 1. The Hall–Kier alpha value is -3.59. The van der Waals surface area contributed by atoms with Crippen molar-refractivity contribution in [2.24, 2.45) is 0 Å². The van der Waals surface area contributed by atoms with Crippen molar-refractivity contribution in [3.05, 3.63) is 65.1 Å². The highest BCUT2D eigenvalue weighted by atomic mass is 19.1. The van der Waals surface area contributed by atoms with Crippen LogP contribution in [-0.4, -0.2) is 24.5 Å². The molecule has 0 spiro atoms. The minimum absolute atomic E-state index is 0.0628. The van der Waals surface area contributed by atoms with E-state index < -0.39 is 11.6 Å². The van der Waals surface area contributed by atoms with Crippen LogP contribution in [0.25, 0.3) is 17.0 Å². The fourth-order valence-corrected chi connectivity index (χ4v) is 2.87. The second kappa shape index (κ2) is 7.75. The number of Topliss-reactive ketones (excluding diaryl/α,β-unsaturated/α-hetero) is 1. The third kappa shape index (κ3) is 3.53. The lowest BCUT2D eigenvalue weighted by atomic mass is 10.0. The van der Waals surface area contributed by atoms with E-state index in [9.17, 15) is 14.4 Å². The van der Waals surface area contributed by atoms with Gasteiger partial charge in [0.15, 0.2) is 11.5 Å². The van der Waals surface area contributed by atoms with Gasteiger partial charge >= 0.3 is 0 Å². The first-order valence-corrected chi connectivity index (χ1v) is 8.32. The smallest absolute Gasteiger partial charge is 0.205 e. The van der Waals surface area contributed by atoms with Crippen LogP contribution in [-0.2, 0) is 0 Å². The SMILES string of the molecule is CCOc1cccc(/C=C(/C#N)C(=O)c2c[nH]c3cc(F)ccc23)c1OC. The Morgan fingerprint density at radius 3 is 2.85 bits per heavy atom. The van der Waals surface area contributed by atoms with Gasteiger partial charge in [-0.1, -0.05) is 12.1 Å². The molecule has 0 fully saturated rings. The summed E-state index contributed by atoms with van der Waals surface area (Å²) in [4.78, 5) is 15.7. The number of methoxy groups -OCH3 is 1. The number of carbonyl (C=O) groups is 1. The predicted octanol–water partition coefficient (Wildman–Crippen LogP) is 4.50. The van der Waals surface area contributed by atoms with Crippen molar-refractivity contribution in [3.63, 3.8) is 0 Å². The summed E-state index contributed by atoms with van der Waals surface area (Å²) in [5.74, 6) is 0.109. The van der Waals surface area contributed by atoms with E-state index in [1.54, 1.807) is 18.2 Å². The molecule has 0 aliphatic heterocycles. The number of para-hydroxylation sites is 1. The maximum atomic E-state index is 13.3. The summed E-state index contributed by atoms with van der Waals surface area (Å²) >= 11 is 0. The van der Waals surface area contributed by atoms with Gasteiger partial charge in [0.1, 0.15) is 17.5 Å². The summed E-state index contributed by atoms with van der Waals surface area (Å²) in [6.45, 7) is 2.31. The van der Waals surface area contributed by atoms with Crippen LogP contribution < -0.4 is 9.47 Å². The average molecular weight is 364 g/mol. The van der Waals surface area contributed by atoms with Crippen molar-refractivity contribution in [1.29, 1.82) is 5.26 Å². The molecule has 0 saturated carbocycles. The van der Waals surface area contributed by atoms with E-state index in [4.69, 9.17) is 9.47 Å². The van der Waals surface area contributed by atoms with E-state index in [-0.39, 0.29) is 5.57 Å². The van der Waals surface area contributed by atoms with E-state index in [2.05, 4.69) is 4.98 Å². The van der Waals surface area contributed by atoms with E-state index in [1.807, 2.05) is 13.0 Å². The summed E-state index contributed by atoms with van der Waals surface area (Å²) in [7, 11) is 1.50. The van der Waals surface area contributed by atoms with Crippen molar-refractivity contribution < 1.29 is 18.7 Å². The van der Waals surface area contributed by atoms with Crippen molar-refractivity contribution >= 4 is 22.8 Å². The normalized spacial score (nSPS) is 11.3. The number of rotatable bonds is 6. The molecule has 0 amide bonds. The number of allylic oxidation sites excluding steroid dienone is 1. The summed E-state index contributed by atoms with van der Waals surface area (Å²) in [5, 5.41) is 10.1. The van der Waals surface area contributed by atoms with Crippen LogP contribution in [0.1, 0.15) is 22.8 Å². The van der Waals surface area contributed by atoms with Crippen LogP contribution >= 0.6 is 0 Å². The Morgan fingerprint density at radius 2 is 2.15 bits per heavy atom. The Balaban J connectivity index is 2.05. The predicted molar refractivity (Wildman–Crippen MR) is 100 cm³/mol. The fraction of sp³-hybridized carbons (Fsp3) is 0.143. The number of halogens is 1.